The van der Waals surface area contributed by atoms with Gasteiger partial charge < -0.3 is 4.74 Å². The second-order valence-electron chi connectivity index (χ2n) is 6.13. The largest absolute Gasteiger partial charge is 0.527 e. The smallest absolute Gasteiger partial charge is 0.493 e. The lowest BCUT2D eigenvalue weighted by atomic mass is 9.94. The highest BCUT2D eigenvalue weighted by atomic mass is 19.4. The highest BCUT2D eigenvalue weighted by Crippen LogP contribution is 2.40. The Hall–Kier alpha value is -2.10. The van der Waals surface area contributed by atoms with Gasteiger partial charge in [-0.05, 0) is 24.5 Å². The Kier molecular flexibility index (Phi) is 6.74. The van der Waals surface area contributed by atoms with Crippen molar-refractivity contribution in [3.05, 3.63) is 52.9 Å². The van der Waals surface area contributed by atoms with Crippen LogP contribution in [0.2, 0.25) is 0 Å². The molecule has 156 valence electrons. The first kappa shape index (κ1) is 22.2. The summed E-state index contributed by atoms with van der Waals surface area (Å²) in [5.41, 5.74) is -1.39. The summed E-state index contributed by atoms with van der Waals surface area (Å²) in [6, 6.07) is 0.573. The van der Waals surface area contributed by atoms with E-state index in [4.69, 9.17) is 4.74 Å². The van der Waals surface area contributed by atoms with Crippen LogP contribution in [-0.4, -0.2) is 13.0 Å². The molecule has 0 bridgehead atoms. The molecule has 0 saturated heterocycles. The molecule has 1 aliphatic carbocycles. The molecule has 1 aliphatic rings. The summed E-state index contributed by atoms with van der Waals surface area (Å²) in [6.45, 7) is 1.59. The number of halogens is 8. The van der Waals surface area contributed by atoms with Crippen LogP contribution < -0.4 is 4.74 Å². The summed E-state index contributed by atoms with van der Waals surface area (Å²) in [5, 5.41) is 0. The molecule has 0 saturated carbocycles. The van der Waals surface area contributed by atoms with E-state index in [0.29, 0.717) is 6.42 Å². The minimum atomic E-state index is -5.81. The van der Waals surface area contributed by atoms with Gasteiger partial charge >= 0.3 is 12.5 Å². The first-order chi connectivity index (χ1) is 12.9. The fourth-order valence-corrected chi connectivity index (χ4v) is 2.68. The maximum absolute atomic E-state index is 14.0. The topological polar surface area (TPSA) is 18.5 Å². The van der Waals surface area contributed by atoms with Crippen LogP contribution in [0.25, 0.3) is 0 Å². The van der Waals surface area contributed by atoms with Gasteiger partial charge in [0.1, 0.15) is 28.8 Å². The first-order valence-electron chi connectivity index (χ1n) is 8.26. The van der Waals surface area contributed by atoms with Crippen LogP contribution in [0.5, 0.6) is 5.75 Å². The highest BCUT2D eigenvalue weighted by Gasteiger charge is 2.49. The van der Waals surface area contributed by atoms with Crippen molar-refractivity contribution in [2.24, 2.45) is 5.92 Å². The van der Waals surface area contributed by atoms with Gasteiger partial charge in [-0.1, -0.05) is 19.4 Å². The van der Waals surface area contributed by atoms with E-state index in [1.54, 1.807) is 6.08 Å². The van der Waals surface area contributed by atoms with E-state index < -0.39 is 47.2 Å². The molecule has 0 spiro atoms. The molecule has 10 heteroatoms. The molecule has 2 rings (SSSR count). The fraction of sp³-hybridized carbons (Fsp3) is 0.444. The predicted molar refractivity (Wildman–Crippen MR) is 83.2 cm³/mol. The van der Waals surface area contributed by atoms with E-state index in [-0.39, 0.29) is 25.2 Å². The molecular weight excluding hydrogens is 400 g/mol. The Bertz CT molecular complexity index is 744. The maximum Gasteiger partial charge on any atom is 0.527 e. The zero-order chi connectivity index (χ0) is 21.1. The Morgan fingerprint density at radius 2 is 1.64 bits per heavy atom. The number of hydrogen-bond donors (Lipinski definition) is 0. The predicted octanol–water partition coefficient (Wildman–Crippen LogP) is 6.53. The molecule has 0 amide bonds. The van der Waals surface area contributed by atoms with Crippen LogP contribution in [0.4, 0.5) is 35.1 Å². The van der Waals surface area contributed by atoms with Gasteiger partial charge in [-0.25, -0.2) is 17.9 Å². The van der Waals surface area contributed by atoms with E-state index in [2.05, 4.69) is 4.74 Å². The Morgan fingerprint density at radius 1 is 1.04 bits per heavy atom. The molecule has 28 heavy (non-hydrogen) atoms. The van der Waals surface area contributed by atoms with Crippen LogP contribution in [0.15, 0.2) is 35.7 Å². The molecule has 2 nitrogen and oxygen atoms in total. The first-order valence-corrected chi connectivity index (χ1v) is 8.26. The quantitative estimate of drug-likeness (QED) is 0.471. The van der Waals surface area contributed by atoms with Crippen LogP contribution >= 0.6 is 0 Å². The van der Waals surface area contributed by atoms with Gasteiger partial charge in [-0.15, -0.1) is 13.2 Å². The van der Waals surface area contributed by atoms with Gasteiger partial charge in [-0.3, -0.25) is 0 Å². The number of allylic oxidation sites excluding steroid dienone is 3. The number of alkyl halides is 5. The second kappa shape index (κ2) is 8.50. The summed E-state index contributed by atoms with van der Waals surface area (Å²) in [4.78, 5) is 0. The molecule has 0 N–H and O–H groups in total. The van der Waals surface area contributed by atoms with Gasteiger partial charge in [0.2, 0.25) is 0 Å². The lowest BCUT2D eigenvalue weighted by Crippen LogP contribution is -2.29. The molecule has 1 aromatic carbocycles. The van der Waals surface area contributed by atoms with Crippen LogP contribution in [0.1, 0.15) is 31.7 Å². The molecule has 1 atom stereocenters. The third kappa shape index (κ3) is 5.70. The number of benzene rings is 1. The van der Waals surface area contributed by atoms with Gasteiger partial charge in [0, 0.05) is 18.1 Å². The summed E-state index contributed by atoms with van der Waals surface area (Å²) in [7, 11) is 0. The lowest BCUT2D eigenvalue weighted by molar-refractivity contribution is -0.432. The van der Waals surface area contributed by atoms with Gasteiger partial charge in [0.25, 0.3) is 0 Å². The molecule has 0 aliphatic heterocycles. The fourth-order valence-electron chi connectivity index (χ4n) is 2.68. The average Bonchev–Trinajstić information content (AvgIpc) is 2.51. The van der Waals surface area contributed by atoms with E-state index >= 15 is 0 Å². The van der Waals surface area contributed by atoms with E-state index in [1.807, 2.05) is 6.92 Å². The summed E-state index contributed by atoms with van der Waals surface area (Å²) in [5.74, 6) is -5.78. The van der Waals surface area contributed by atoms with Gasteiger partial charge in [-0.2, -0.15) is 8.78 Å². The van der Waals surface area contributed by atoms with Crippen molar-refractivity contribution in [3.63, 3.8) is 0 Å². The zero-order valence-electron chi connectivity index (χ0n) is 14.6. The van der Waals surface area contributed by atoms with Crippen LogP contribution in [0, 0.1) is 17.6 Å². The number of ether oxygens (including phenoxy) is 2. The normalized spacial score (nSPS) is 18.0. The SMILES string of the molecule is CCCC1=CC[C@H](COc2cc(F)c(C(F)(F)OC(F)(F)F)c(F)c2)C(F)=C1. The molecule has 0 unspecified atom stereocenters. The summed E-state index contributed by atoms with van der Waals surface area (Å²) < 4.78 is 112. The molecule has 0 aromatic heterocycles. The minimum Gasteiger partial charge on any atom is -0.493 e. The van der Waals surface area contributed by atoms with Crippen molar-refractivity contribution >= 4 is 0 Å². The van der Waals surface area contributed by atoms with Crippen LogP contribution in [-0.2, 0) is 10.8 Å². The van der Waals surface area contributed by atoms with Crippen molar-refractivity contribution in [2.75, 3.05) is 6.61 Å². The monoisotopic (exact) mass is 416 g/mol. The second-order valence-corrected chi connectivity index (χ2v) is 6.13. The third-order valence-corrected chi connectivity index (χ3v) is 3.92. The minimum absolute atomic E-state index is 0.276. The third-order valence-electron chi connectivity index (χ3n) is 3.92. The number of hydrogen-bond acceptors (Lipinski definition) is 2. The average molecular weight is 416 g/mol. The van der Waals surface area contributed by atoms with E-state index in [1.165, 1.54) is 6.08 Å². The van der Waals surface area contributed by atoms with E-state index in [0.717, 1.165) is 12.0 Å². The van der Waals surface area contributed by atoms with Crippen molar-refractivity contribution in [2.45, 2.75) is 38.7 Å². The molecular formula is C18H16F8O2. The van der Waals surface area contributed by atoms with Crippen molar-refractivity contribution < 1.29 is 44.6 Å². The molecule has 0 heterocycles. The molecule has 1 aromatic rings. The van der Waals surface area contributed by atoms with Crippen molar-refractivity contribution in [1.29, 1.82) is 0 Å². The Labute approximate surface area is 155 Å². The Morgan fingerprint density at radius 3 is 2.14 bits per heavy atom. The summed E-state index contributed by atoms with van der Waals surface area (Å²) >= 11 is 0. The van der Waals surface area contributed by atoms with Gasteiger partial charge in [0.15, 0.2) is 0 Å². The Balaban J connectivity index is 2.10. The van der Waals surface area contributed by atoms with Gasteiger partial charge in [0.05, 0.1) is 6.61 Å². The van der Waals surface area contributed by atoms with Crippen LogP contribution in [0.3, 0.4) is 0 Å². The lowest BCUT2D eigenvalue weighted by Gasteiger charge is -2.21. The maximum atomic E-state index is 14.0. The van der Waals surface area contributed by atoms with Crippen molar-refractivity contribution in [3.8, 4) is 5.75 Å². The van der Waals surface area contributed by atoms with Crippen molar-refractivity contribution in [1.82, 2.24) is 0 Å². The van der Waals surface area contributed by atoms with E-state index in [9.17, 15) is 35.1 Å². The number of rotatable bonds is 7. The standard InChI is InChI=1S/C18H16F8O2/c1-2-3-10-4-5-11(13(19)6-10)9-27-12-7-14(20)16(15(21)8-12)17(22,23)28-18(24,25)26/h4,6-8,11H,2-3,5,9H2,1H3/t11-/m1/s1. The zero-order valence-corrected chi connectivity index (χ0v) is 14.6. The highest BCUT2D eigenvalue weighted by molar-refractivity contribution is 5.33. The molecule has 0 radical (unpaired) electrons. The molecule has 0 fully saturated rings. The summed E-state index contributed by atoms with van der Waals surface area (Å²) in [6.07, 6.45) is -6.17.